The zero-order valence-corrected chi connectivity index (χ0v) is 14.8. The lowest BCUT2D eigenvalue weighted by Gasteiger charge is -2.34. The van der Waals surface area contributed by atoms with Gasteiger partial charge in [0, 0.05) is 39.6 Å². The van der Waals surface area contributed by atoms with E-state index in [2.05, 4.69) is 4.98 Å². The Balaban J connectivity index is 1.77. The predicted octanol–water partition coefficient (Wildman–Crippen LogP) is 1.21. The number of carbonyl (C=O) groups is 1. The number of imidazole rings is 1. The van der Waals surface area contributed by atoms with Gasteiger partial charge < -0.3 is 9.47 Å². The fourth-order valence-electron chi connectivity index (χ4n) is 2.98. The molecular formula is C16H22N4O3S. The van der Waals surface area contributed by atoms with Crippen LogP contribution in [0.2, 0.25) is 0 Å². The van der Waals surface area contributed by atoms with Crippen LogP contribution in [0.25, 0.3) is 11.0 Å². The minimum absolute atomic E-state index is 0.101. The minimum atomic E-state index is -3.56. The van der Waals surface area contributed by atoms with Crippen LogP contribution in [-0.4, -0.2) is 59.3 Å². The molecule has 0 unspecified atom stereocenters. The standard InChI is InChI=1S/C16H22N4O3S/c1-3-4-16(21)19-7-9-20(10-8-19)24(22,23)13-5-6-15-14(11-13)17-12-18(15)2/h5-6,11-12H,3-4,7-10H2,1-2H3. The smallest absolute Gasteiger partial charge is 0.243 e. The Labute approximate surface area is 141 Å². The van der Waals surface area contributed by atoms with E-state index in [0.717, 1.165) is 11.9 Å². The second-order valence-electron chi connectivity index (χ2n) is 6.04. The van der Waals surface area contributed by atoms with Crippen molar-refractivity contribution in [1.29, 1.82) is 0 Å². The molecule has 0 spiro atoms. The minimum Gasteiger partial charge on any atom is -0.340 e. The maximum Gasteiger partial charge on any atom is 0.243 e. The van der Waals surface area contributed by atoms with E-state index < -0.39 is 10.0 Å². The normalized spacial score (nSPS) is 16.7. The van der Waals surface area contributed by atoms with Gasteiger partial charge in [-0.05, 0) is 24.6 Å². The molecule has 0 radical (unpaired) electrons. The number of carbonyl (C=O) groups excluding carboxylic acids is 1. The Morgan fingerprint density at radius 1 is 1.21 bits per heavy atom. The number of benzene rings is 1. The number of rotatable bonds is 4. The van der Waals surface area contributed by atoms with Gasteiger partial charge in [0.2, 0.25) is 15.9 Å². The highest BCUT2D eigenvalue weighted by Gasteiger charge is 2.30. The summed E-state index contributed by atoms with van der Waals surface area (Å²) in [5.74, 6) is 0.101. The molecular weight excluding hydrogens is 328 g/mol. The van der Waals surface area contributed by atoms with Crippen molar-refractivity contribution in [3.63, 3.8) is 0 Å². The van der Waals surface area contributed by atoms with Crippen molar-refractivity contribution in [1.82, 2.24) is 18.8 Å². The summed E-state index contributed by atoms with van der Waals surface area (Å²) < 4.78 is 29.0. The largest absolute Gasteiger partial charge is 0.340 e. The maximum absolute atomic E-state index is 12.8. The molecule has 1 aromatic carbocycles. The second kappa shape index (κ2) is 6.52. The van der Waals surface area contributed by atoms with Gasteiger partial charge in [-0.2, -0.15) is 4.31 Å². The Bertz CT molecular complexity index is 851. The Hall–Kier alpha value is -1.93. The van der Waals surface area contributed by atoms with Gasteiger partial charge in [-0.25, -0.2) is 13.4 Å². The molecule has 1 aliphatic heterocycles. The number of aromatic nitrogens is 2. The molecule has 2 heterocycles. The molecule has 1 saturated heterocycles. The summed E-state index contributed by atoms with van der Waals surface area (Å²) in [7, 11) is -1.69. The summed E-state index contributed by atoms with van der Waals surface area (Å²) in [5.41, 5.74) is 1.55. The van der Waals surface area contributed by atoms with Crippen LogP contribution in [-0.2, 0) is 21.9 Å². The average Bonchev–Trinajstić information content (AvgIpc) is 2.96. The van der Waals surface area contributed by atoms with Crippen molar-refractivity contribution in [2.45, 2.75) is 24.7 Å². The van der Waals surface area contributed by atoms with Crippen LogP contribution < -0.4 is 0 Å². The molecule has 0 bridgehead atoms. The van der Waals surface area contributed by atoms with Crippen LogP contribution in [0.4, 0.5) is 0 Å². The lowest BCUT2D eigenvalue weighted by Crippen LogP contribution is -2.50. The van der Waals surface area contributed by atoms with Gasteiger partial charge >= 0.3 is 0 Å². The van der Waals surface area contributed by atoms with E-state index in [1.54, 1.807) is 29.4 Å². The summed E-state index contributed by atoms with van der Waals surface area (Å²) in [6.07, 6.45) is 2.99. The quantitative estimate of drug-likeness (QED) is 0.830. The molecule has 0 aliphatic carbocycles. The van der Waals surface area contributed by atoms with Crippen LogP contribution in [0.5, 0.6) is 0 Å². The molecule has 0 atom stereocenters. The summed E-state index contributed by atoms with van der Waals surface area (Å²) in [4.78, 5) is 18.1. The molecule has 1 fully saturated rings. The highest BCUT2D eigenvalue weighted by Crippen LogP contribution is 2.22. The molecule has 24 heavy (non-hydrogen) atoms. The van der Waals surface area contributed by atoms with Crippen LogP contribution >= 0.6 is 0 Å². The Kier molecular flexibility index (Phi) is 4.60. The van der Waals surface area contributed by atoms with E-state index in [0.29, 0.717) is 38.1 Å². The molecule has 1 aliphatic rings. The van der Waals surface area contributed by atoms with E-state index >= 15 is 0 Å². The lowest BCUT2D eigenvalue weighted by atomic mass is 10.2. The summed E-state index contributed by atoms with van der Waals surface area (Å²) in [6.45, 7) is 3.52. The zero-order chi connectivity index (χ0) is 17.3. The first kappa shape index (κ1) is 16.9. The van der Waals surface area contributed by atoms with Gasteiger partial charge in [0.25, 0.3) is 0 Å². The molecule has 0 N–H and O–H groups in total. The number of hydrogen-bond acceptors (Lipinski definition) is 4. The third-order valence-electron chi connectivity index (χ3n) is 4.39. The number of fused-ring (bicyclic) bond motifs is 1. The monoisotopic (exact) mass is 350 g/mol. The van der Waals surface area contributed by atoms with Crippen molar-refractivity contribution < 1.29 is 13.2 Å². The average molecular weight is 350 g/mol. The summed E-state index contributed by atoms with van der Waals surface area (Å²) in [6, 6.07) is 5.00. The van der Waals surface area contributed by atoms with Gasteiger partial charge in [0.15, 0.2) is 0 Å². The Morgan fingerprint density at radius 3 is 2.58 bits per heavy atom. The zero-order valence-electron chi connectivity index (χ0n) is 14.0. The summed E-state index contributed by atoms with van der Waals surface area (Å²) >= 11 is 0. The molecule has 8 heteroatoms. The molecule has 7 nitrogen and oxygen atoms in total. The number of nitrogens with zero attached hydrogens (tertiary/aromatic N) is 4. The molecule has 0 saturated carbocycles. The maximum atomic E-state index is 12.8. The summed E-state index contributed by atoms with van der Waals surface area (Å²) in [5, 5.41) is 0. The number of hydrogen-bond donors (Lipinski definition) is 0. The van der Waals surface area contributed by atoms with Crippen molar-refractivity contribution >= 4 is 27.0 Å². The third kappa shape index (κ3) is 3.03. The van der Waals surface area contributed by atoms with Gasteiger partial charge in [-0.15, -0.1) is 0 Å². The van der Waals surface area contributed by atoms with E-state index in [1.807, 2.05) is 18.5 Å². The number of sulfonamides is 1. The van der Waals surface area contributed by atoms with Crippen LogP contribution in [0.1, 0.15) is 19.8 Å². The van der Waals surface area contributed by atoms with Crippen molar-refractivity contribution in [2.24, 2.45) is 7.05 Å². The van der Waals surface area contributed by atoms with Crippen molar-refractivity contribution in [3.05, 3.63) is 24.5 Å². The lowest BCUT2D eigenvalue weighted by molar-refractivity contribution is -0.132. The van der Waals surface area contributed by atoms with Gasteiger partial charge in [0.1, 0.15) is 0 Å². The second-order valence-corrected chi connectivity index (χ2v) is 7.98. The van der Waals surface area contributed by atoms with Gasteiger partial charge in [-0.1, -0.05) is 6.92 Å². The van der Waals surface area contributed by atoms with E-state index in [-0.39, 0.29) is 10.8 Å². The van der Waals surface area contributed by atoms with Crippen LogP contribution in [0.3, 0.4) is 0 Å². The highest BCUT2D eigenvalue weighted by molar-refractivity contribution is 7.89. The van der Waals surface area contributed by atoms with Crippen LogP contribution in [0.15, 0.2) is 29.4 Å². The predicted molar refractivity (Wildman–Crippen MR) is 91.0 cm³/mol. The van der Waals surface area contributed by atoms with E-state index in [9.17, 15) is 13.2 Å². The SMILES string of the molecule is CCCC(=O)N1CCN(S(=O)(=O)c2ccc3c(c2)ncn3C)CC1. The molecule has 2 aromatic rings. The molecule has 3 rings (SSSR count). The van der Waals surface area contributed by atoms with Gasteiger partial charge in [0.05, 0.1) is 22.3 Å². The fraction of sp³-hybridized carbons (Fsp3) is 0.500. The van der Waals surface area contributed by atoms with Gasteiger partial charge in [-0.3, -0.25) is 4.79 Å². The van der Waals surface area contributed by atoms with Crippen LogP contribution in [0, 0.1) is 0 Å². The molecule has 130 valence electrons. The highest BCUT2D eigenvalue weighted by atomic mass is 32.2. The molecule has 1 aromatic heterocycles. The fourth-order valence-corrected chi connectivity index (χ4v) is 4.42. The Morgan fingerprint density at radius 2 is 1.92 bits per heavy atom. The van der Waals surface area contributed by atoms with E-state index in [1.165, 1.54) is 4.31 Å². The first-order valence-electron chi connectivity index (χ1n) is 8.12. The number of piperazine rings is 1. The molecule has 1 amide bonds. The first-order valence-corrected chi connectivity index (χ1v) is 9.56. The number of aryl methyl sites for hydroxylation is 1. The van der Waals surface area contributed by atoms with Crippen molar-refractivity contribution in [2.75, 3.05) is 26.2 Å². The third-order valence-corrected chi connectivity index (χ3v) is 6.28. The topological polar surface area (TPSA) is 75.5 Å². The van der Waals surface area contributed by atoms with Crippen molar-refractivity contribution in [3.8, 4) is 0 Å². The number of amides is 1. The first-order chi connectivity index (χ1) is 11.4. The van der Waals surface area contributed by atoms with E-state index in [4.69, 9.17) is 0 Å².